The van der Waals surface area contributed by atoms with E-state index in [4.69, 9.17) is 10.5 Å². The highest BCUT2D eigenvalue weighted by molar-refractivity contribution is 5.77. The molecule has 92 valence electrons. The third-order valence-electron chi connectivity index (χ3n) is 2.06. The van der Waals surface area contributed by atoms with Crippen LogP contribution in [0.3, 0.4) is 0 Å². The van der Waals surface area contributed by atoms with Crippen molar-refractivity contribution in [2.45, 2.75) is 6.54 Å². The first kappa shape index (κ1) is 13.3. The molecule has 0 radical (unpaired) electrons. The van der Waals surface area contributed by atoms with Crippen LogP contribution in [0.4, 0.5) is 0 Å². The van der Waals surface area contributed by atoms with Gasteiger partial charge in [0.2, 0.25) is 0 Å². The first-order chi connectivity index (χ1) is 8.33. The Hall–Kier alpha value is -1.81. The Labute approximate surface area is 102 Å². The molecule has 1 aromatic rings. The van der Waals surface area contributed by atoms with Crippen molar-refractivity contribution in [1.82, 2.24) is 5.32 Å². The fourth-order valence-electron chi connectivity index (χ4n) is 1.23. The number of guanidine groups is 1. The molecule has 0 aliphatic carbocycles. The van der Waals surface area contributed by atoms with Gasteiger partial charge in [0.15, 0.2) is 5.96 Å². The molecule has 0 atom stereocenters. The Bertz CT molecular complexity index is 349. The van der Waals surface area contributed by atoms with Gasteiger partial charge in [0.25, 0.3) is 0 Å². The third-order valence-corrected chi connectivity index (χ3v) is 2.06. The van der Waals surface area contributed by atoms with Crippen molar-refractivity contribution in [2.75, 3.05) is 19.8 Å². The van der Waals surface area contributed by atoms with Crippen molar-refractivity contribution >= 4 is 5.96 Å². The molecular weight excluding hydrogens is 214 g/mol. The van der Waals surface area contributed by atoms with E-state index in [1.807, 2.05) is 30.3 Å². The lowest BCUT2D eigenvalue weighted by atomic mass is 10.2. The lowest BCUT2D eigenvalue weighted by Gasteiger charge is -2.05. The average Bonchev–Trinajstić information content (AvgIpc) is 2.37. The van der Waals surface area contributed by atoms with Gasteiger partial charge in [-0.1, -0.05) is 36.4 Å². The topological polar surface area (TPSA) is 59.6 Å². The van der Waals surface area contributed by atoms with Crippen LogP contribution in [-0.4, -0.2) is 25.7 Å². The predicted molar refractivity (Wildman–Crippen MR) is 70.8 cm³/mol. The molecular formula is C13H19N3O. The fraction of sp³-hybridized carbons (Fsp3) is 0.308. The number of nitrogens with zero attached hydrogens (tertiary/aromatic N) is 1. The molecule has 3 N–H and O–H groups in total. The van der Waals surface area contributed by atoms with E-state index in [0.29, 0.717) is 32.3 Å². The molecule has 4 heteroatoms. The lowest BCUT2D eigenvalue weighted by Crippen LogP contribution is -2.34. The van der Waals surface area contributed by atoms with Gasteiger partial charge < -0.3 is 15.8 Å². The predicted octanol–water partition coefficient (Wildman–Crippen LogP) is 1.29. The molecule has 0 fully saturated rings. The van der Waals surface area contributed by atoms with Crippen molar-refractivity contribution in [3.05, 3.63) is 48.6 Å². The second kappa shape index (κ2) is 8.35. The molecule has 0 aliphatic rings. The Morgan fingerprint density at radius 2 is 2.18 bits per heavy atom. The molecule has 0 saturated carbocycles. The number of benzene rings is 1. The number of hydrogen-bond donors (Lipinski definition) is 2. The second-order valence-electron chi connectivity index (χ2n) is 3.48. The number of hydrogen-bond acceptors (Lipinski definition) is 2. The number of nitrogens with one attached hydrogen (secondary N) is 1. The second-order valence-corrected chi connectivity index (χ2v) is 3.48. The lowest BCUT2D eigenvalue weighted by molar-refractivity contribution is 0.167. The van der Waals surface area contributed by atoms with Gasteiger partial charge >= 0.3 is 0 Å². The molecule has 0 amide bonds. The SMILES string of the molecule is C=CCOCCNC(N)=NCc1ccccc1. The summed E-state index contributed by atoms with van der Waals surface area (Å²) in [7, 11) is 0. The summed E-state index contributed by atoms with van der Waals surface area (Å²) in [5.74, 6) is 0.441. The first-order valence-electron chi connectivity index (χ1n) is 5.59. The van der Waals surface area contributed by atoms with Gasteiger partial charge in [-0.25, -0.2) is 4.99 Å². The van der Waals surface area contributed by atoms with Crippen molar-refractivity contribution in [3.8, 4) is 0 Å². The van der Waals surface area contributed by atoms with Crippen molar-refractivity contribution in [2.24, 2.45) is 10.7 Å². The monoisotopic (exact) mass is 233 g/mol. The minimum atomic E-state index is 0.441. The maximum absolute atomic E-state index is 5.70. The molecule has 0 saturated heterocycles. The Morgan fingerprint density at radius 3 is 2.88 bits per heavy atom. The maximum Gasteiger partial charge on any atom is 0.188 e. The van der Waals surface area contributed by atoms with Crippen LogP contribution in [0.2, 0.25) is 0 Å². The van der Waals surface area contributed by atoms with Crippen molar-refractivity contribution < 1.29 is 4.74 Å². The molecule has 0 unspecified atom stereocenters. The van der Waals surface area contributed by atoms with Gasteiger partial charge in [0, 0.05) is 6.54 Å². The van der Waals surface area contributed by atoms with Crippen LogP contribution in [-0.2, 0) is 11.3 Å². The highest BCUT2D eigenvalue weighted by atomic mass is 16.5. The van der Waals surface area contributed by atoms with Gasteiger partial charge in [0.1, 0.15) is 0 Å². The molecule has 1 aromatic carbocycles. The Kier molecular flexibility index (Phi) is 6.51. The summed E-state index contributed by atoms with van der Waals surface area (Å²) in [5.41, 5.74) is 6.84. The van der Waals surface area contributed by atoms with Crippen LogP contribution in [0, 0.1) is 0 Å². The summed E-state index contributed by atoms with van der Waals surface area (Å²) in [5, 5.41) is 2.98. The number of aliphatic imine (C=N–C) groups is 1. The molecule has 17 heavy (non-hydrogen) atoms. The number of ether oxygens (including phenoxy) is 1. The molecule has 0 aliphatic heterocycles. The molecule has 0 spiro atoms. The van der Waals surface area contributed by atoms with Crippen LogP contribution in [0.5, 0.6) is 0 Å². The maximum atomic E-state index is 5.70. The third kappa shape index (κ3) is 6.37. The summed E-state index contributed by atoms with van der Waals surface area (Å²) in [4.78, 5) is 4.22. The van der Waals surface area contributed by atoms with E-state index in [1.54, 1.807) is 6.08 Å². The van der Waals surface area contributed by atoms with E-state index in [0.717, 1.165) is 5.56 Å². The van der Waals surface area contributed by atoms with Gasteiger partial charge in [0.05, 0.1) is 19.8 Å². The summed E-state index contributed by atoms with van der Waals surface area (Å²) in [6.45, 7) is 5.95. The summed E-state index contributed by atoms with van der Waals surface area (Å²) < 4.78 is 5.20. The number of rotatable bonds is 7. The van der Waals surface area contributed by atoms with E-state index in [-0.39, 0.29) is 0 Å². The van der Waals surface area contributed by atoms with Crippen molar-refractivity contribution in [1.29, 1.82) is 0 Å². The molecule has 0 aromatic heterocycles. The van der Waals surface area contributed by atoms with Gasteiger partial charge in [-0.2, -0.15) is 0 Å². The van der Waals surface area contributed by atoms with Crippen molar-refractivity contribution in [3.63, 3.8) is 0 Å². The quantitative estimate of drug-likeness (QED) is 0.323. The van der Waals surface area contributed by atoms with Gasteiger partial charge in [-0.15, -0.1) is 6.58 Å². The van der Waals surface area contributed by atoms with Crippen LogP contribution in [0.1, 0.15) is 5.56 Å². The highest BCUT2D eigenvalue weighted by Crippen LogP contribution is 1.99. The van der Waals surface area contributed by atoms with E-state index < -0.39 is 0 Å². The van der Waals surface area contributed by atoms with Crippen LogP contribution in [0.25, 0.3) is 0 Å². The summed E-state index contributed by atoms with van der Waals surface area (Å²) >= 11 is 0. The molecule has 4 nitrogen and oxygen atoms in total. The normalized spacial score (nSPS) is 11.2. The highest BCUT2D eigenvalue weighted by Gasteiger charge is 1.92. The van der Waals surface area contributed by atoms with Gasteiger partial charge in [-0.05, 0) is 5.56 Å². The van der Waals surface area contributed by atoms with Gasteiger partial charge in [-0.3, -0.25) is 0 Å². The zero-order valence-electron chi connectivity index (χ0n) is 9.93. The molecule has 1 rings (SSSR count). The van der Waals surface area contributed by atoms with Crippen LogP contribution >= 0.6 is 0 Å². The number of nitrogens with two attached hydrogens (primary N) is 1. The fourth-order valence-corrected chi connectivity index (χ4v) is 1.23. The Morgan fingerprint density at radius 1 is 1.41 bits per heavy atom. The Balaban J connectivity index is 2.18. The zero-order valence-corrected chi connectivity index (χ0v) is 9.93. The smallest absolute Gasteiger partial charge is 0.188 e. The van der Waals surface area contributed by atoms with E-state index in [1.165, 1.54) is 0 Å². The standard InChI is InChI=1S/C13H19N3O/c1-2-9-17-10-8-15-13(14)16-11-12-6-4-3-5-7-12/h2-7H,1,8-11H2,(H3,14,15,16). The largest absolute Gasteiger partial charge is 0.376 e. The minimum Gasteiger partial charge on any atom is -0.376 e. The zero-order chi connectivity index (χ0) is 12.3. The van der Waals surface area contributed by atoms with E-state index in [9.17, 15) is 0 Å². The minimum absolute atomic E-state index is 0.441. The molecule has 0 bridgehead atoms. The van der Waals surface area contributed by atoms with E-state index in [2.05, 4.69) is 16.9 Å². The average molecular weight is 233 g/mol. The van der Waals surface area contributed by atoms with Crippen LogP contribution < -0.4 is 11.1 Å². The van der Waals surface area contributed by atoms with Crippen LogP contribution in [0.15, 0.2) is 48.0 Å². The molecule has 0 heterocycles. The summed E-state index contributed by atoms with van der Waals surface area (Å²) in [6, 6.07) is 9.98. The van der Waals surface area contributed by atoms with E-state index >= 15 is 0 Å². The first-order valence-corrected chi connectivity index (χ1v) is 5.59. The summed E-state index contributed by atoms with van der Waals surface area (Å²) in [6.07, 6.45) is 1.72.